The standard InChI is InChI=1S/C22H23N3O3S/c1-29-14-19-24-17-9-5-6-10-18(17)25(19)13-20(26)28-21(15-7-3-2-4-8-15)22(27)23-16-11-12-16/h2-10,16,21H,11-14H2,1H3,(H,23,27)/t21-/m1/s1. The van der Waals surface area contributed by atoms with Gasteiger partial charge in [-0.15, -0.1) is 0 Å². The first kappa shape index (κ1) is 19.5. The number of benzene rings is 2. The average Bonchev–Trinajstić information content (AvgIpc) is 3.48. The molecule has 0 spiro atoms. The Bertz CT molecular complexity index is 1010. The van der Waals surface area contributed by atoms with E-state index in [2.05, 4.69) is 10.3 Å². The summed E-state index contributed by atoms with van der Waals surface area (Å²) >= 11 is 1.64. The Hall–Kier alpha value is -2.80. The van der Waals surface area contributed by atoms with Crippen LogP contribution in [-0.2, 0) is 26.6 Å². The molecule has 2 aromatic carbocycles. The lowest BCUT2D eigenvalue weighted by Gasteiger charge is -2.18. The number of thioether (sulfide) groups is 1. The fourth-order valence-corrected chi connectivity index (χ4v) is 3.72. The number of nitrogens with one attached hydrogen (secondary N) is 1. The van der Waals surface area contributed by atoms with Gasteiger partial charge in [-0.3, -0.25) is 9.59 Å². The van der Waals surface area contributed by atoms with Gasteiger partial charge in [-0.2, -0.15) is 11.8 Å². The molecule has 6 nitrogen and oxygen atoms in total. The highest BCUT2D eigenvalue weighted by Gasteiger charge is 2.31. The molecule has 3 aromatic rings. The van der Waals surface area contributed by atoms with Crippen LogP contribution in [0, 0.1) is 0 Å². The second-order valence-electron chi connectivity index (χ2n) is 7.10. The predicted molar refractivity (Wildman–Crippen MR) is 113 cm³/mol. The zero-order chi connectivity index (χ0) is 20.2. The minimum atomic E-state index is -0.955. The summed E-state index contributed by atoms with van der Waals surface area (Å²) in [6.45, 7) is 0.0104. The fraction of sp³-hybridized carbons (Fsp3) is 0.318. The first-order valence-corrected chi connectivity index (χ1v) is 11.0. The van der Waals surface area contributed by atoms with Crippen molar-refractivity contribution in [1.82, 2.24) is 14.9 Å². The summed E-state index contributed by atoms with van der Waals surface area (Å²) in [4.78, 5) is 30.2. The van der Waals surface area contributed by atoms with Gasteiger partial charge in [0.1, 0.15) is 12.4 Å². The molecule has 0 unspecified atom stereocenters. The number of para-hydroxylation sites is 2. The molecule has 0 radical (unpaired) electrons. The third-order valence-electron chi connectivity index (χ3n) is 4.81. The number of ether oxygens (including phenoxy) is 1. The van der Waals surface area contributed by atoms with Crippen molar-refractivity contribution in [3.63, 3.8) is 0 Å². The van der Waals surface area contributed by atoms with E-state index in [1.54, 1.807) is 23.9 Å². The lowest BCUT2D eigenvalue weighted by molar-refractivity contribution is -0.157. The van der Waals surface area contributed by atoms with Crippen LogP contribution in [0.3, 0.4) is 0 Å². The van der Waals surface area contributed by atoms with Gasteiger partial charge in [-0.25, -0.2) is 4.98 Å². The Morgan fingerprint density at radius 1 is 1.17 bits per heavy atom. The minimum Gasteiger partial charge on any atom is -0.446 e. The number of nitrogens with zero attached hydrogens (tertiary/aromatic N) is 2. The van der Waals surface area contributed by atoms with Crippen LogP contribution in [0.4, 0.5) is 0 Å². The molecule has 0 saturated heterocycles. The van der Waals surface area contributed by atoms with E-state index in [9.17, 15) is 9.59 Å². The van der Waals surface area contributed by atoms with Crippen LogP contribution >= 0.6 is 11.8 Å². The third kappa shape index (κ3) is 4.62. The Morgan fingerprint density at radius 2 is 1.90 bits per heavy atom. The van der Waals surface area contributed by atoms with Crippen molar-refractivity contribution in [3.8, 4) is 0 Å². The third-order valence-corrected chi connectivity index (χ3v) is 5.35. The van der Waals surface area contributed by atoms with Crippen LogP contribution in [-0.4, -0.2) is 33.7 Å². The topological polar surface area (TPSA) is 73.2 Å². The van der Waals surface area contributed by atoms with E-state index in [4.69, 9.17) is 4.74 Å². The van der Waals surface area contributed by atoms with Crippen molar-refractivity contribution in [2.45, 2.75) is 37.3 Å². The highest BCUT2D eigenvalue weighted by atomic mass is 32.2. The van der Waals surface area contributed by atoms with E-state index >= 15 is 0 Å². The quantitative estimate of drug-likeness (QED) is 0.577. The van der Waals surface area contributed by atoms with E-state index < -0.39 is 12.1 Å². The molecule has 1 amide bonds. The molecule has 150 valence electrons. The first-order valence-electron chi connectivity index (χ1n) is 9.63. The van der Waals surface area contributed by atoms with Crippen LogP contribution in [0.2, 0.25) is 0 Å². The van der Waals surface area contributed by atoms with Crippen molar-refractivity contribution < 1.29 is 14.3 Å². The Balaban J connectivity index is 1.56. The minimum absolute atomic E-state index is 0.0104. The number of carbonyl (C=O) groups is 2. The molecule has 1 saturated carbocycles. The summed E-state index contributed by atoms with van der Waals surface area (Å²) in [5.41, 5.74) is 2.39. The number of fused-ring (bicyclic) bond motifs is 1. The number of imidazole rings is 1. The van der Waals surface area contributed by atoms with Gasteiger partial charge >= 0.3 is 5.97 Å². The Kier molecular flexibility index (Phi) is 5.85. The number of hydrogen-bond donors (Lipinski definition) is 1. The number of rotatable bonds is 8. The first-order chi connectivity index (χ1) is 14.2. The van der Waals surface area contributed by atoms with E-state index in [1.165, 1.54) is 0 Å². The molecule has 7 heteroatoms. The summed E-state index contributed by atoms with van der Waals surface area (Å²) in [7, 11) is 0. The normalized spacial score (nSPS) is 14.5. The van der Waals surface area contributed by atoms with Crippen molar-refractivity contribution in [1.29, 1.82) is 0 Å². The Labute approximate surface area is 173 Å². The van der Waals surface area contributed by atoms with E-state index in [1.807, 2.05) is 53.3 Å². The SMILES string of the molecule is CSCc1nc2ccccc2n1CC(=O)O[C@@H](C(=O)NC1CC1)c1ccccc1. The molecular weight excluding hydrogens is 386 g/mol. The van der Waals surface area contributed by atoms with Gasteiger partial charge in [0.15, 0.2) is 0 Å². The maximum atomic E-state index is 12.8. The van der Waals surface area contributed by atoms with Crippen LogP contribution in [0.25, 0.3) is 11.0 Å². The van der Waals surface area contributed by atoms with E-state index in [-0.39, 0.29) is 18.5 Å². The molecule has 1 aromatic heterocycles. The van der Waals surface area contributed by atoms with Crippen LogP contribution in [0.15, 0.2) is 54.6 Å². The molecular formula is C22H23N3O3S. The van der Waals surface area contributed by atoms with Gasteiger partial charge in [0.2, 0.25) is 6.10 Å². The van der Waals surface area contributed by atoms with Gasteiger partial charge in [0, 0.05) is 11.6 Å². The van der Waals surface area contributed by atoms with Gasteiger partial charge < -0.3 is 14.6 Å². The lowest BCUT2D eigenvalue weighted by Crippen LogP contribution is -2.34. The van der Waals surface area contributed by atoms with Gasteiger partial charge in [0.25, 0.3) is 5.91 Å². The largest absolute Gasteiger partial charge is 0.446 e. The summed E-state index contributed by atoms with van der Waals surface area (Å²) in [6.07, 6.45) is 2.99. The summed E-state index contributed by atoms with van der Waals surface area (Å²) < 4.78 is 7.55. The molecule has 1 N–H and O–H groups in total. The van der Waals surface area contributed by atoms with Gasteiger partial charge in [-0.1, -0.05) is 42.5 Å². The molecule has 29 heavy (non-hydrogen) atoms. The molecule has 1 heterocycles. The van der Waals surface area contributed by atoms with Crippen molar-refractivity contribution in [2.24, 2.45) is 0 Å². The maximum absolute atomic E-state index is 12.8. The van der Waals surface area contributed by atoms with E-state index in [0.717, 1.165) is 29.7 Å². The summed E-state index contributed by atoms with van der Waals surface area (Å²) in [5.74, 6) is 0.767. The monoisotopic (exact) mass is 409 g/mol. The van der Waals surface area contributed by atoms with Gasteiger partial charge in [-0.05, 0) is 31.2 Å². The zero-order valence-corrected chi connectivity index (χ0v) is 17.0. The maximum Gasteiger partial charge on any atom is 0.327 e. The number of carbonyl (C=O) groups excluding carboxylic acids is 2. The zero-order valence-electron chi connectivity index (χ0n) is 16.2. The predicted octanol–water partition coefficient (Wildman–Crippen LogP) is 3.46. The summed E-state index contributed by atoms with van der Waals surface area (Å²) in [5, 5.41) is 2.94. The van der Waals surface area contributed by atoms with Crippen LogP contribution in [0.1, 0.15) is 30.3 Å². The molecule has 0 bridgehead atoms. The number of hydrogen-bond acceptors (Lipinski definition) is 5. The van der Waals surface area contributed by atoms with E-state index in [0.29, 0.717) is 11.3 Å². The molecule has 1 atom stereocenters. The van der Waals surface area contributed by atoms with Crippen molar-refractivity contribution >= 4 is 34.7 Å². The lowest BCUT2D eigenvalue weighted by atomic mass is 10.1. The second kappa shape index (κ2) is 8.69. The van der Waals surface area contributed by atoms with Crippen molar-refractivity contribution in [3.05, 3.63) is 66.0 Å². The second-order valence-corrected chi connectivity index (χ2v) is 7.97. The smallest absolute Gasteiger partial charge is 0.327 e. The van der Waals surface area contributed by atoms with Crippen LogP contribution in [0.5, 0.6) is 0 Å². The fourth-order valence-electron chi connectivity index (χ4n) is 3.24. The highest BCUT2D eigenvalue weighted by molar-refractivity contribution is 7.97. The van der Waals surface area contributed by atoms with Crippen molar-refractivity contribution in [2.75, 3.05) is 6.26 Å². The number of aromatic nitrogens is 2. The Morgan fingerprint density at radius 3 is 2.62 bits per heavy atom. The molecule has 1 aliphatic rings. The van der Waals surface area contributed by atoms with Gasteiger partial charge in [0.05, 0.1) is 16.8 Å². The highest BCUT2D eigenvalue weighted by Crippen LogP contribution is 2.24. The molecule has 1 fully saturated rings. The number of esters is 1. The number of amides is 1. The molecule has 0 aliphatic heterocycles. The molecule has 1 aliphatic carbocycles. The van der Waals surface area contributed by atoms with Crippen LogP contribution < -0.4 is 5.32 Å². The average molecular weight is 410 g/mol. The molecule has 4 rings (SSSR count). The summed E-state index contributed by atoms with van der Waals surface area (Å²) in [6, 6.07) is 17.0.